The second-order valence-electron chi connectivity index (χ2n) is 3.93. The molecule has 0 saturated carbocycles. The fourth-order valence-electron chi connectivity index (χ4n) is 1.41. The molecular formula is C10H15N7O2S. The second-order valence-corrected chi connectivity index (χ2v) is 6.40. The van der Waals surface area contributed by atoms with Crippen molar-refractivity contribution in [3.8, 4) is 5.95 Å². The maximum atomic E-state index is 11.4. The summed E-state index contributed by atoms with van der Waals surface area (Å²) < 4.78 is 24.2. The Morgan fingerprint density at radius 1 is 1.35 bits per heavy atom. The number of hydrogen-bond acceptors (Lipinski definition) is 8. The van der Waals surface area contributed by atoms with E-state index in [1.54, 1.807) is 25.4 Å². The standard InChI is InChI=1S/C10H15N7O2S/c1-2-20(18,19)7-5-12-9-14-8(11)15-10(16-9)17-6-3-4-13-17/h3-4,6H,2,5,7H2,1H3,(H3,11,12,14,15,16). The Hall–Kier alpha value is -2.23. The van der Waals surface area contributed by atoms with Gasteiger partial charge >= 0.3 is 0 Å². The van der Waals surface area contributed by atoms with Crippen LogP contribution in [0.3, 0.4) is 0 Å². The average molecular weight is 297 g/mol. The molecule has 0 aliphatic rings. The Morgan fingerprint density at radius 2 is 2.15 bits per heavy atom. The zero-order valence-electron chi connectivity index (χ0n) is 10.9. The molecule has 3 N–H and O–H groups in total. The normalized spacial score (nSPS) is 11.4. The number of anilines is 2. The molecule has 2 heterocycles. The van der Waals surface area contributed by atoms with Crippen LogP contribution in [0.2, 0.25) is 0 Å². The number of aromatic nitrogens is 5. The van der Waals surface area contributed by atoms with Gasteiger partial charge in [-0.15, -0.1) is 0 Å². The van der Waals surface area contributed by atoms with Gasteiger partial charge in [0, 0.05) is 24.7 Å². The molecule has 0 aliphatic heterocycles. The third-order valence-corrected chi connectivity index (χ3v) is 4.19. The van der Waals surface area contributed by atoms with Crippen molar-refractivity contribution in [1.29, 1.82) is 0 Å². The van der Waals surface area contributed by atoms with E-state index in [9.17, 15) is 8.42 Å². The monoisotopic (exact) mass is 297 g/mol. The van der Waals surface area contributed by atoms with Gasteiger partial charge in [0.25, 0.3) is 5.95 Å². The van der Waals surface area contributed by atoms with Crippen LogP contribution in [-0.2, 0) is 9.84 Å². The highest BCUT2D eigenvalue weighted by Gasteiger charge is 2.09. The lowest BCUT2D eigenvalue weighted by Crippen LogP contribution is -2.19. The number of nitrogens with zero attached hydrogens (tertiary/aromatic N) is 5. The first kappa shape index (κ1) is 14.2. The van der Waals surface area contributed by atoms with E-state index < -0.39 is 9.84 Å². The Kier molecular flexibility index (Phi) is 4.13. The third kappa shape index (κ3) is 3.63. The second kappa shape index (κ2) is 5.82. The van der Waals surface area contributed by atoms with Gasteiger partial charge in [0.1, 0.15) is 0 Å². The summed E-state index contributed by atoms with van der Waals surface area (Å²) in [4.78, 5) is 12.0. The topological polar surface area (TPSA) is 129 Å². The van der Waals surface area contributed by atoms with Crippen molar-refractivity contribution < 1.29 is 8.42 Å². The largest absolute Gasteiger partial charge is 0.368 e. The zero-order valence-corrected chi connectivity index (χ0v) is 11.7. The molecule has 0 bridgehead atoms. The van der Waals surface area contributed by atoms with E-state index in [-0.39, 0.29) is 35.9 Å². The van der Waals surface area contributed by atoms with Crippen LogP contribution in [0.5, 0.6) is 0 Å². The van der Waals surface area contributed by atoms with E-state index in [0.29, 0.717) is 0 Å². The molecule has 108 valence electrons. The summed E-state index contributed by atoms with van der Waals surface area (Å²) in [5.74, 6) is 0.627. The van der Waals surface area contributed by atoms with Crippen LogP contribution < -0.4 is 11.1 Å². The molecule has 0 amide bonds. The van der Waals surface area contributed by atoms with E-state index in [1.165, 1.54) is 4.68 Å². The van der Waals surface area contributed by atoms with Gasteiger partial charge in [-0.05, 0) is 6.07 Å². The lowest BCUT2D eigenvalue weighted by Gasteiger charge is -2.07. The minimum atomic E-state index is -3.04. The predicted molar refractivity (Wildman–Crippen MR) is 74.2 cm³/mol. The van der Waals surface area contributed by atoms with Crippen LogP contribution >= 0.6 is 0 Å². The van der Waals surface area contributed by atoms with E-state index in [0.717, 1.165) is 0 Å². The van der Waals surface area contributed by atoms with Crippen LogP contribution in [0.25, 0.3) is 5.95 Å². The van der Waals surface area contributed by atoms with Crippen molar-refractivity contribution in [1.82, 2.24) is 24.7 Å². The molecule has 0 atom stereocenters. The fraction of sp³-hybridized carbons (Fsp3) is 0.400. The van der Waals surface area contributed by atoms with E-state index >= 15 is 0 Å². The summed E-state index contributed by atoms with van der Waals surface area (Å²) in [6, 6.07) is 1.72. The molecule has 20 heavy (non-hydrogen) atoms. The van der Waals surface area contributed by atoms with Gasteiger partial charge in [-0.1, -0.05) is 6.92 Å². The summed E-state index contributed by atoms with van der Waals surface area (Å²) in [6.07, 6.45) is 3.25. The van der Waals surface area contributed by atoms with Crippen molar-refractivity contribution in [3.63, 3.8) is 0 Å². The first-order chi connectivity index (χ1) is 9.50. The summed E-state index contributed by atoms with van der Waals surface area (Å²) in [6.45, 7) is 1.81. The smallest absolute Gasteiger partial charge is 0.257 e. The maximum absolute atomic E-state index is 11.4. The molecule has 9 nitrogen and oxygen atoms in total. The van der Waals surface area contributed by atoms with Crippen molar-refractivity contribution in [2.24, 2.45) is 0 Å². The quantitative estimate of drug-likeness (QED) is 0.729. The first-order valence-electron chi connectivity index (χ1n) is 5.96. The minimum Gasteiger partial charge on any atom is -0.368 e. The molecule has 0 saturated heterocycles. The Morgan fingerprint density at radius 3 is 2.80 bits per heavy atom. The number of hydrogen-bond donors (Lipinski definition) is 2. The molecular weight excluding hydrogens is 282 g/mol. The number of nitrogen functional groups attached to an aromatic ring is 1. The number of nitrogens with one attached hydrogen (secondary N) is 1. The lowest BCUT2D eigenvalue weighted by molar-refractivity contribution is 0.597. The minimum absolute atomic E-state index is 0.00614. The highest BCUT2D eigenvalue weighted by Crippen LogP contribution is 2.06. The van der Waals surface area contributed by atoms with Gasteiger partial charge in [-0.2, -0.15) is 20.1 Å². The predicted octanol–water partition coefficient (Wildman–Crippen LogP) is -0.514. The fourth-order valence-corrected chi connectivity index (χ4v) is 2.11. The van der Waals surface area contributed by atoms with Gasteiger partial charge in [0.05, 0.1) is 5.75 Å². The van der Waals surface area contributed by atoms with E-state index in [4.69, 9.17) is 5.73 Å². The highest BCUT2D eigenvalue weighted by atomic mass is 32.2. The zero-order chi connectivity index (χ0) is 14.6. The number of sulfone groups is 1. The molecule has 10 heteroatoms. The van der Waals surface area contributed by atoms with Crippen molar-refractivity contribution in [2.75, 3.05) is 29.1 Å². The summed E-state index contributed by atoms with van der Waals surface area (Å²) in [7, 11) is -3.04. The number of rotatable bonds is 6. The Labute approximate surface area is 116 Å². The van der Waals surface area contributed by atoms with Gasteiger partial charge in [-0.25, -0.2) is 13.1 Å². The van der Waals surface area contributed by atoms with E-state index in [1.807, 2.05) is 0 Å². The Bertz CT molecular complexity index is 669. The van der Waals surface area contributed by atoms with Crippen LogP contribution in [0.15, 0.2) is 18.5 Å². The SMILES string of the molecule is CCS(=O)(=O)CCNc1nc(N)nc(-n2cccn2)n1. The maximum Gasteiger partial charge on any atom is 0.257 e. The first-order valence-corrected chi connectivity index (χ1v) is 7.78. The molecule has 0 spiro atoms. The van der Waals surface area contributed by atoms with Crippen molar-refractivity contribution in [2.45, 2.75) is 6.92 Å². The molecule has 0 unspecified atom stereocenters. The molecule has 2 aromatic heterocycles. The van der Waals surface area contributed by atoms with Crippen molar-refractivity contribution in [3.05, 3.63) is 18.5 Å². The molecule has 0 aromatic carbocycles. The molecule has 0 aliphatic carbocycles. The summed E-state index contributed by atoms with van der Waals surface area (Å²) in [5.41, 5.74) is 5.59. The lowest BCUT2D eigenvalue weighted by atomic mass is 10.7. The molecule has 0 radical (unpaired) electrons. The van der Waals surface area contributed by atoms with Crippen LogP contribution in [0, 0.1) is 0 Å². The molecule has 2 aromatic rings. The van der Waals surface area contributed by atoms with Crippen LogP contribution in [0.1, 0.15) is 6.92 Å². The summed E-state index contributed by atoms with van der Waals surface area (Å²) >= 11 is 0. The molecule has 2 rings (SSSR count). The average Bonchev–Trinajstić information content (AvgIpc) is 2.92. The third-order valence-electron chi connectivity index (χ3n) is 2.49. The van der Waals surface area contributed by atoms with Crippen molar-refractivity contribution >= 4 is 21.7 Å². The van der Waals surface area contributed by atoms with Gasteiger partial charge < -0.3 is 11.1 Å². The van der Waals surface area contributed by atoms with Crippen LogP contribution in [-0.4, -0.2) is 51.2 Å². The van der Waals surface area contributed by atoms with Gasteiger partial charge in [0.2, 0.25) is 11.9 Å². The highest BCUT2D eigenvalue weighted by molar-refractivity contribution is 7.91. The van der Waals surface area contributed by atoms with Gasteiger partial charge in [-0.3, -0.25) is 0 Å². The summed E-state index contributed by atoms with van der Waals surface area (Å²) in [5, 5.41) is 6.80. The molecule has 0 fully saturated rings. The van der Waals surface area contributed by atoms with Crippen LogP contribution in [0.4, 0.5) is 11.9 Å². The van der Waals surface area contributed by atoms with E-state index in [2.05, 4.69) is 25.4 Å². The number of nitrogens with two attached hydrogens (primary N) is 1. The van der Waals surface area contributed by atoms with Gasteiger partial charge in [0.15, 0.2) is 9.84 Å². The Balaban J connectivity index is 2.09.